The van der Waals surface area contributed by atoms with Crippen molar-refractivity contribution < 1.29 is 0 Å². The smallest absolute Gasteiger partial charge is 0.0746 e. The van der Waals surface area contributed by atoms with Gasteiger partial charge in [-0.25, -0.2) is 0 Å². The Balaban J connectivity index is 1.11. The number of anilines is 3. The first kappa shape index (κ1) is 32.8. The van der Waals surface area contributed by atoms with Crippen LogP contribution in [-0.4, -0.2) is 0 Å². The van der Waals surface area contributed by atoms with Gasteiger partial charge < -0.3 is 4.90 Å². The first-order valence-corrected chi connectivity index (χ1v) is 21.2. The summed E-state index contributed by atoms with van der Waals surface area (Å²) >= 11 is 1.90. The van der Waals surface area contributed by atoms with E-state index in [9.17, 15) is 0 Å². The highest BCUT2D eigenvalue weighted by Crippen LogP contribution is 2.65. The molecule has 1 aromatic heterocycles. The number of hydrogen-bond donors (Lipinski definition) is 0. The van der Waals surface area contributed by atoms with Crippen molar-refractivity contribution in [1.29, 1.82) is 0 Å². The van der Waals surface area contributed by atoms with Crippen LogP contribution in [0.4, 0.5) is 17.1 Å². The van der Waals surface area contributed by atoms with Crippen molar-refractivity contribution in [3.8, 4) is 33.4 Å². The molecule has 1 nitrogen and oxygen atoms in total. The monoisotopic (exact) mass is 765 g/mol. The molecule has 0 saturated carbocycles. The van der Waals surface area contributed by atoms with Gasteiger partial charge >= 0.3 is 0 Å². The lowest BCUT2D eigenvalue weighted by atomic mass is 9.70. The highest BCUT2D eigenvalue weighted by molar-refractivity contribution is 7.26. The van der Waals surface area contributed by atoms with Gasteiger partial charge in [-0.3, -0.25) is 0 Å². The summed E-state index contributed by atoms with van der Waals surface area (Å²) in [6.45, 7) is 0. The van der Waals surface area contributed by atoms with Crippen molar-refractivity contribution in [2.24, 2.45) is 0 Å². The van der Waals surface area contributed by atoms with Gasteiger partial charge in [0.2, 0.25) is 0 Å². The summed E-state index contributed by atoms with van der Waals surface area (Å²) in [5, 5.41) is 7.70. The van der Waals surface area contributed by atoms with E-state index >= 15 is 0 Å². The minimum absolute atomic E-state index is 0.497. The fraction of sp³-hybridized carbons (Fsp3) is 0.0175. The van der Waals surface area contributed by atoms with Crippen molar-refractivity contribution >= 4 is 70.1 Å². The molecule has 2 aliphatic carbocycles. The standard InChI is InChI=1S/C57H35NS/c1-2-15-39-35-40(28-27-36(39)13-1)37-29-32-41(33-30-37)58(52-26-12-21-47-54-42-16-4-3-14-38(42)31-34-53(54)59-56(47)52)51-25-11-20-46-45-19-7-10-24-50(45)57(55(46)51)48-22-8-5-17-43(48)44-18-6-9-23-49(44)57/h1-35H. The Morgan fingerprint density at radius 1 is 0.373 bits per heavy atom. The van der Waals surface area contributed by atoms with Crippen LogP contribution in [0.1, 0.15) is 22.3 Å². The molecular weight excluding hydrogens is 731 g/mol. The van der Waals surface area contributed by atoms with Crippen LogP contribution in [0.5, 0.6) is 0 Å². The van der Waals surface area contributed by atoms with Gasteiger partial charge in [0.25, 0.3) is 0 Å². The van der Waals surface area contributed by atoms with Crippen LogP contribution in [0.25, 0.3) is 75.1 Å². The maximum atomic E-state index is 2.57. The minimum Gasteiger partial charge on any atom is -0.309 e. The molecule has 0 aliphatic heterocycles. The van der Waals surface area contributed by atoms with Gasteiger partial charge in [0.15, 0.2) is 0 Å². The highest BCUT2D eigenvalue weighted by Gasteiger charge is 2.53. The summed E-state index contributed by atoms with van der Waals surface area (Å²) in [5.41, 5.74) is 16.0. The molecule has 0 unspecified atom stereocenters. The van der Waals surface area contributed by atoms with E-state index in [0.717, 1.165) is 5.69 Å². The Bertz CT molecular complexity index is 3450. The highest BCUT2D eigenvalue weighted by atomic mass is 32.1. The predicted molar refractivity (Wildman–Crippen MR) is 251 cm³/mol. The second kappa shape index (κ2) is 12.4. The largest absolute Gasteiger partial charge is 0.309 e. The summed E-state index contributed by atoms with van der Waals surface area (Å²) in [6, 6.07) is 79.3. The first-order valence-electron chi connectivity index (χ1n) is 20.4. The number of hydrogen-bond acceptors (Lipinski definition) is 2. The first-order chi connectivity index (χ1) is 29.3. The molecule has 0 fully saturated rings. The molecule has 0 N–H and O–H groups in total. The van der Waals surface area contributed by atoms with Crippen LogP contribution < -0.4 is 4.90 Å². The van der Waals surface area contributed by atoms with Crippen molar-refractivity contribution in [3.63, 3.8) is 0 Å². The van der Waals surface area contributed by atoms with Crippen LogP contribution in [0, 0.1) is 0 Å². The third-order valence-electron chi connectivity index (χ3n) is 13.0. The maximum Gasteiger partial charge on any atom is 0.0746 e. The van der Waals surface area contributed by atoms with Crippen molar-refractivity contribution in [2.45, 2.75) is 5.41 Å². The number of thiophene rings is 1. The number of fused-ring (bicyclic) bond motifs is 16. The van der Waals surface area contributed by atoms with E-state index in [0.29, 0.717) is 0 Å². The van der Waals surface area contributed by atoms with E-state index in [1.807, 2.05) is 11.3 Å². The molecule has 0 radical (unpaired) electrons. The van der Waals surface area contributed by atoms with Crippen molar-refractivity contribution in [2.75, 3.05) is 4.90 Å². The molecule has 11 aromatic rings. The summed E-state index contributed by atoms with van der Waals surface area (Å²) in [7, 11) is 0. The Morgan fingerprint density at radius 3 is 1.66 bits per heavy atom. The van der Waals surface area contributed by atoms with Gasteiger partial charge in [0, 0.05) is 26.7 Å². The van der Waals surface area contributed by atoms with Gasteiger partial charge in [-0.05, 0) is 108 Å². The Kier molecular flexibility index (Phi) is 6.87. The van der Waals surface area contributed by atoms with Gasteiger partial charge in [-0.15, -0.1) is 11.3 Å². The van der Waals surface area contributed by atoms with E-state index in [-0.39, 0.29) is 0 Å². The zero-order chi connectivity index (χ0) is 38.7. The second-order valence-electron chi connectivity index (χ2n) is 15.9. The molecule has 0 bridgehead atoms. The molecule has 2 aliphatic rings. The average molecular weight is 766 g/mol. The summed E-state index contributed by atoms with van der Waals surface area (Å²) in [6.07, 6.45) is 0. The number of nitrogens with zero attached hydrogens (tertiary/aromatic N) is 1. The third kappa shape index (κ3) is 4.50. The molecule has 2 heteroatoms. The fourth-order valence-corrected chi connectivity index (χ4v) is 11.9. The molecule has 0 atom stereocenters. The van der Waals surface area contributed by atoms with Crippen molar-refractivity contribution in [1.82, 2.24) is 0 Å². The molecule has 1 spiro atoms. The third-order valence-corrected chi connectivity index (χ3v) is 14.2. The predicted octanol–water partition coefficient (Wildman–Crippen LogP) is 15.8. The molecule has 59 heavy (non-hydrogen) atoms. The molecule has 0 saturated heterocycles. The van der Waals surface area contributed by atoms with Crippen LogP contribution in [-0.2, 0) is 5.41 Å². The topological polar surface area (TPSA) is 3.24 Å². The summed E-state index contributed by atoms with van der Waals surface area (Å²) in [4.78, 5) is 2.57. The van der Waals surface area contributed by atoms with Gasteiger partial charge in [-0.2, -0.15) is 0 Å². The average Bonchev–Trinajstić information content (AvgIpc) is 3.94. The molecule has 0 amide bonds. The Labute approximate surface area is 346 Å². The van der Waals surface area contributed by atoms with E-state index in [4.69, 9.17) is 0 Å². The molecule has 1 heterocycles. The van der Waals surface area contributed by atoms with Crippen LogP contribution in [0.15, 0.2) is 212 Å². The normalized spacial score (nSPS) is 13.2. The maximum absolute atomic E-state index is 2.57. The SMILES string of the molecule is c1ccc2c(c1)-c1ccccc1C21c2ccccc2-c2cccc(N(c3ccc(-c4ccc5ccccc5c4)cc3)c3cccc4c3sc3ccc5ccccc5c34)c21. The van der Waals surface area contributed by atoms with Crippen LogP contribution in [0.3, 0.4) is 0 Å². The lowest BCUT2D eigenvalue weighted by molar-refractivity contribution is 0.793. The van der Waals surface area contributed by atoms with E-state index < -0.39 is 5.41 Å². The number of rotatable bonds is 4. The van der Waals surface area contributed by atoms with Crippen molar-refractivity contribution in [3.05, 3.63) is 235 Å². The second-order valence-corrected chi connectivity index (χ2v) is 17.0. The molecule has 10 aromatic carbocycles. The van der Waals surface area contributed by atoms with E-state index in [1.165, 1.54) is 109 Å². The van der Waals surface area contributed by atoms with Crippen LogP contribution in [0.2, 0.25) is 0 Å². The van der Waals surface area contributed by atoms with Gasteiger partial charge in [0.05, 0.1) is 21.5 Å². The summed E-state index contributed by atoms with van der Waals surface area (Å²) in [5.74, 6) is 0. The van der Waals surface area contributed by atoms with Gasteiger partial charge in [-0.1, -0.05) is 176 Å². The molecular formula is C57H35NS. The van der Waals surface area contributed by atoms with E-state index in [1.54, 1.807) is 0 Å². The lowest BCUT2D eigenvalue weighted by Crippen LogP contribution is -2.28. The van der Waals surface area contributed by atoms with Crippen LogP contribution >= 0.6 is 11.3 Å². The fourth-order valence-electron chi connectivity index (χ4n) is 10.6. The molecule has 13 rings (SSSR count). The zero-order valence-corrected chi connectivity index (χ0v) is 32.9. The zero-order valence-electron chi connectivity index (χ0n) is 32.1. The quantitative estimate of drug-likeness (QED) is 0.172. The minimum atomic E-state index is -0.497. The lowest BCUT2D eigenvalue weighted by Gasteiger charge is -2.36. The van der Waals surface area contributed by atoms with Gasteiger partial charge in [0.1, 0.15) is 0 Å². The number of benzene rings is 10. The summed E-state index contributed by atoms with van der Waals surface area (Å²) < 4.78 is 2.59. The molecule has 274 valence electrons. The Hall–Kier alpha value is -7.26. The van der Waals surface area contributed by atoms with E-state index in [2.05, 4.69) is 217 Å². The Morgan fingerprint density at radius 2 is 0.915 bits per heavy atom.